The van der Waals surface area contributed by atoms with Crippen LogP contribution in [0.3, 0.4) is 0 Å². The van der Waals surface area contributed by atoms with Gasteiger partial charge < -0.3 is 10.2 Å². The molecular weight excluding hydrogens is 322 g/mol. The highest BCUT2D eigenvalue weighted by Crippen LogP contribution is 2.29. The first-order valence-corrected chi connectivity index (χ1v) is 9.10. The number of carbonyl (C=O) groups is 1. The summed E-state index contributed by atoms with van der Waals surface area (Å²) in [5.41, 5.74) is 2.94. The van der Waals surface area contributed by atoms with Gasteiger partial charge in [-0.3, -0.25) is 5.32 Å². The number of nitrogens with zero attached hydrogens (tertiary/aromatic N) is 3. The molecule has 1 aromatic heterocycles. The first-order valence-electron chi connectivity index (χ1n) is 8.28. The Kier molecular flexibility index (Phi) is 4.99. The first kappa shape index (κ1) is 16.7. The summed E-state index contributed by atoms with van der Waals surface area (Å²) in [4.78, 5) is 14.5. The second kappa shape index (κ2) is 7.17. The molecule has 3 rings (SSSR count). The van der Waals surface area contributed by atoms with Crippen LogP contribution in [-0.2, 0) is 0 Å². The fourth-order valence-corrected chi connectivity index (χ4v) is 3.75. The minimum absolute atomic E-state index is 0.293. The molecule has 0 aliphatic carbocycles. The van der Waals surface area contributed by atoms with Crippen LogP contribution in [0, 0.1) is 13.8 Å². The third-order valence-electron chi connectivity index (χ3n) is 4.32. The Labute approximate surface area is 146 Å². The van der Waals surface area contributed by atoms with Crippen molar-refractivity contribution in [3.8, 4) is 0 Å². The average molecular weight is 345 g/mol. The van der Waals surface area contributed by atoms with Gasteiger partial charge in [0.1, 0.15) is 0 Å². The Morgan fingerprint density at radius 3 is 2.88 bits per heavy atom. The van der Waals surface area contributed by atoms with Crippen LogP contribution in [0.25, 0.3) is 0 Å². The lowest BCUT2D eigenvalue weighted by Gasteiger charge is -2.32. The van der Waals surface area contributed by atoms with Gasteiger partial charge in [0.25, 0.3) is 0 Å². The second-order valence-corrected chi connectivity index (χ2v) is 7.28. The number of rotatable bonds is 3. The molecule has 2 aromatic rings. The number of piperidine rings is 1. The van der Waals surface area contributed by atoms with E-state index in [-0.39, 0.29) is 6.03 Å². The van der Waals surface area contributed by atoms with Crippen LogP contribution < -0.4 is 15.5 Å². The Bertz CT molecular complexity index is 730. The summed E-state index contributed by atoms with van der Waals surface area (Å²) in [7, 11) is 0. The molecule has 0 unspecified atom stereocenters. The molecule has 0 saturated carbocycles. The van der Waals surface area contributed by atoms with Crippen molar-refractivity contribution < 1.29 is 4.79 Å². The van der Waals surface area contributed by atoms with Crippen LogP contribution in [0.2, 0.25) is 0 Å². The predicted molar refractivity (Wildman–Crippen MR) is 99.1 cm³/mol. The number of urea groups is 1. The van der Waals surface area contributed by atoms with Crippen LogP contribution in [-0.4, -0.2) is 28.8 Å². The van der Waals surface area contributed by atoms with Crippen LogP contribution in [0.4, 0.5) is 20.7 Å². The molecule has 1 aliphatic rings. The first-order chi connectivity index (χ1) is 11.5. The number of aryl methyl sites for hydroxylation is 2. The number of aromatic nitrogens is 2. The molecule has 2 amide bonds. The van der Waals surface area contributed by atoms with Crippen molar-refractivity contribution in [2.24, 2.45) is 0 Å². The summed E-state index contributed by atoms with van der Waals surface area (Å²) in [6.07, 6.45) is 3.62. The van der Waals surface area contributed by atoms with Gasteiger partial charge in [-0.1, -0.05) is 23.5 Å². The molecule has 6 nitrogen and oxygen atoms in total. The summed E-state index contributed by atoms with van der Waals surface area (Å²) in [5.74, 6) is 0. The zero-order valence-corrected chi connectivity index (χ0v) is 15.1. The quantitative estimate of drug-likeness (QED) is 0.875. The molecule has 1 aromatic carbocycles. The average Bonchev–Trinajstić information content (AvgIpc) is 2.99. The number of amides is 2. The molecule has 2 heterocycles. The van der Waals surface area contributed by atoms with Gasteiger partial charge >= 0.3 is 6.03 Å². The number of anilines is 3. The number of hydrogen-bond acceptors (Lipinski definition) is 5. The minimum Gasteiger partial charge on any atom is -0.344 e. The maximum atomic E-state index is 12.2. The zero-order chi connectivity index (χ0) is 17.1. The second-order valence-electron chi connectivity index (χ2n) is 6.33. The van der Waals surface area contributed by atoms with E-state index in [1.165, 1.54) is 30.6 Å². The summed E-state index contributed by atoms with van der Waals surface area (Å²) in [6.45, 7) is 7.18. The number of benzene rings is 1. The van der Waals surface area contributed by atoms with E-state index in [0.717, 1.165) is 28.5 Å². The molecule has 24 heavy (non-hydrogen) atoms. The largest absolute Gasteiger partial charge is 0.344 e. The fraction of sp³-hybridized carbons (Fsp3) is 0.471. The van der Waals surface area contributed by atoms with Crippen molar-refractivity contribution in [3.05, 3.63) is 29.3 Å². The summed E-state index contributed by atoms with van der Waals surface area (Å²) >= 11 is 1.42. The highest BCUT2D eigenvalue weighted by Gasteiger charge is 2.22. The SMILES string of the molecule is Cc1ccc(C)c(NC(=O)Nc2nnc(N3CCCC[C@@H]3C)s2)c1. The third kappa shape index (κ3) is 3.84. The van der Waals surface area contributed by atoms with Gasteiger partial charge in [0.15, 0.2) is 0 Å². The normalized spacial score (nSPS) is 17.6. The standard InChI is InChI=1S/C17H23N5OS/c1-11-7-8-12(2)14(10-11)18-15(23)19-16-20-21-17(24-16)22-9-5-4-6-13(22)3/h7-8,10,13H,4-6,9H2,1-3H3,(H2,18,19,20,23)/t13-/m0/s1. The molecule has 0 radical (unpaired) electrons. The van der Waals surface area contributed by atoms with Gasteiger partial charge in [0.2, 0.25) is 10.3 Å². The zero-order valence-electron chi connectivity index (χ0n) is 14.3. The van der Waals surface area contributed by atoms with E-state index in [1.54, 1.807) is 0 Å². The molecular formula is C17H23N5OS. The van der Waals surface area contributed by atoms with Gasteiger partial charge in [-0.05, 0) is 57.2 Å². The number of hydrogen-bond donors (Lipinski definition) is 2. The van der Waals surface area contributed by atoms with Crippen LogP contribution in [0.15, 0.2) is 18.2 Å². The molecule has 1 aliphatic heterocycles. The molecule has 1 fully saturated rings. The maximum absolute atomic E-state index is 12.2. The highest BCUT2D eigenvalue weighted by atomic mass is 32.1. The van der Waals surface area contributed by atoms with Gasteiger partial charge in [0.05, 0.1) is 0 Å². The van der Waals surface area contributed by atoms with Gasteiger partial charge in [-0.25, -0.2) is 4.79 Å². The van der Waals surface area contributed by atoms with E-state index in [2.05, 4.69) is 32.7 Å². The van der Waals surface area contributed by atoms with Crippen LogP contribution in [0.5, 0.6) is 0 Å². The molecule has 0 spiro atoms. The van der Waals surface area contributed by atoms with Crippen molar-refractivity contribution in [3.63, 3.8) is 0 Å². The van der Waals surface area contributed by atoms with Crippen molar-refractivity contribution in [1.82, 2.24) is 10.2 Å². The Hall–Kier alpha value is -2.15. The Morgan fingerprint density at radius 2 is 2.08 bits per heavy atom. The molecule has 2 N–H and O–H groups in total. The van der Waals surface area contributed by atoms with E-state index in [4.69, 9.17) is 0 Å². The van der Waals surface area contributed by atoms with E-state index in [9.17, 15) is 4.79 Å². The Balaban J connectivity index is 1.64. The highest BCUT2D eigenvalue weighted by molar-refractivity contribution is 7.19. The lowest BCUT2D eigenvalue weighted by molar-refractivity contribution is 0.262. The van der Waals surface area contributed by atoms with Gasteiger partial charge in [-0.15, -0.1) is 10.2 Å². The van der Waals surface area contributed by atoms with Crippen molar-refractivity contribution >= 4 is 33.3 Å². The number of nitrogens with one attached hydrogen (secondary N) is 2. The maximum Gasteiger partial charge on any atom is 0.325 e. The molecule has 1 saturated heterocycles. The van der Waals surface area contributed by atoms with Gasteiger partial charge in [-0.2, -0.15) is 0 Å². The lowest BCUT2D eigenvalue weighted by Crippen LogP contribution is -2.37. The Morgan fingerprint density at radius 1 is 1.25 bits per heavy atom. The number of carbonyl (C=O) groups excluding carboxylic acids is 1. The molecule has 1 atom stereocenters. The van der Waals surface area contributed by atoms with Crippen LogP contribution in [0.1, 0.15) is 37.3 Å². The molecule has 0 bridgehead atoms. The predicted octanol–water partition coefficient (Wildman–Crippen LogP) is 4.18. The van der Waals surface area contributed by atoms with Crippen molar-refractivity contribution in [1.29, 1.82) is 0 Å². The fourth-order valence-electron chi connectivity index (χ4n) is 2.89. The van der Waals surface area contributed by atoms with Crippen molar-refractivity contribution in [2.75, 3.05) is 22.1 Å². The van der Waals surface area contributed by atoms with Crippen molar-refractivity contribution in [2.45, 2.75) is 46.1 Å². The van der Waals surface area contributed by atoms with Crippen LogP contribution >= 0.6 is 11.3 Å². The van der Waals surface area contributed by atoms with E-state index in [1.807, 2.05) is 32.0 Å². The van der Waals surface area contributed by atoms with E-state index >= 15 is 0 Å². The van der Waals surface area contributed by atoms with Gasteiger partial charge in [0, 0.05) is 18.3 Å². The monoisotopic (exact) mass is 345 g/mol. The summed E-state index contributed by atoms with van der Waals surface area (Å²) < 4.78 is 0. The molecule has 7 heteroatoms. The minimum atomic E-state index is -0.293. The summed E-state index contributed by atoms with van der Waals surface area (Å²) in [5, 5.41) is 15.4. The molecule has 128 valence electrons. The smallest absolute Gasteiger partial charge is 0.325 e. The lowest BCUT2D eigenvalue weighted by atomic mass is 10.1. The third-order valence-corrected chi connectivity index (χ3v) is 5.20. The van der Waals surface area contributed by atoms with E-state index < -0.39 is 0 Å². The summed E-state index contributed by atoms with van der Waals surface area (Å²) in [6, 6.07) is 6.15. The topological polar surface area (TPSA) is 70.1 Å². The van der Waals surface area contributed by atoms with E-state index in [0.29, 0.717) is 11.2 Å².